The number of nitrogens with two attached hydrogens (primary N) is 2. The maximum absolute atomic E-state index is 11.6. The molecule has 0 heterocycles. The first kappa shape index (κ1) is 13.3. The minimum absolute atomic E-state index is 0.322. The van der Waals surface area contributed by atoms with Gasteiger partial charge in [-0.1, -0.05) is 0 Å². The molecule has 5 heteroatoms. The van der Waals surface area contributed by atoms with Crippen LogP contribution in [0.1, 0.15) is 23.7 Å². The third-order valence-electron chi connectivity index (χ3n) is 2.17. The van der Waals surface area contributed by atoms with Gasteiger partial charge in [-0.25, -0.2) is 4.79 Å². The lowest BCUT2D eigenvalue weighted by molar-refractivity contribution is 0.0453. The zero-order valence-electron chi connectivity index (χ0n) is 9.94. The average molecular weight is 238 g/mol. The van der Waals surface area contributed by atoms with Crippen LogP contribution in [0.4, 0.5) is 11.4 Å². The summed E-state index contributed by atoms with van der Waals surface area (Å²) in [6, 6.07) is 4.72. The molecule has 5 nitrogen and oxygen atoms in total. The van der Waals surface area contributed by atoms with Crippen LogP contribution in [0.2, 0.25) is 0 Å². The zero-order chi connectivity index (χ0) is 12.7. The SMILES string of the molecule is CCOCCCOC(=O)c1ccc(N)cc1N. The van der Waals surface area contributed by atoms with Crippen LogP contribution in [0.25, 0.3) is 0 Å². The summed E-state index contributed by atoms with van der Waals surface area (Å²) >= 11 is 0. The molecule has 0 radical (unpaired) electrons. The van der Waals surface area contributed by atoms with E-state index in [0.29, 0.717) is 43.2 Å². The lowest BCUT2D eigenvalue weighted by Crippen LogP contribution is -2.10. The number of rotatable bonds is 6. The van der Waals surface area contributed by atoms with E-state index in [1.54, 1.807) is 12.1 Å². The Morgan fingerprint density at radius 1 is 1.29 bits per heavy atom. The van der Waals surface area contributed by atoms with Gasteiger partial charge in [0.05, 0.1) is 12.2 Å². The molecule has 0 unspecified atom stereocenters. The number of carbonyl (C=O) groups excluding carboxylic acids is 1. The number of anilines is 2. The lowest BCUT2D eigenvalue weighted by atomic mass is 10.1. The van der Waals surface area contributed by atoms with Gasteiger partial charge in [0.1, 0.15) is 0 Å². The molecular formula is C12H18N2O3. The molecule has 0 spiro atoms. The van der Waals surface area contributed by atoms with E-state index in [1.165, 1.54) is 6.07 Å². The molecule has 17 heavy (non-hydrogen) atoms. The highest BCUT2D eigenvalue weighted by Crippen LogP contribution is 2.16. The Kier molecular flexibility index (Phi) is 5.29. The van der Waals surface area contributed by atoms with Crippen molar-refractivity contribution in [3.05, 3.63) is 23.8 Å². The summed E-state index contributed by atoms with van der Waals surface area (Å²) in [5, 5.41) is 0. The van der Waals surface area contributed by atoms with E-state index >= 15 is 0 Å². The highest BCUT2D eigenvalue weighted by atomic mass is 16.5. The molecule has 0 fully saturated rings. The molecule has 0 bridgehead atoms. The average Bonchev–Trinajstić information content (AvgIpc) is 2.28. The van der Waals surface area contributed by atoms with Gasteiger partial charge in [0.15, 0.2) is 0 Å². The van der Waals surface area contributed by atoms with Crippen LogP contribution in [0, 0.1) is 0 Å². The third kappa shape index (κ3) is 4.32. The Hall–Kier alpha value is -1.75. The monoisotopic (exact) mass is 238 g/mol. The molecule has 94 valence electrons. The molecule has 1 aromatic carbocycles. The Balaban J connectivity index is 2.42. The van der Waals surface area contributed by atoms with Crippen molar-refractivity contribution >= 4 is 17.3 Å². The van der Waals surface area contributed by atoms with Gasteiger partial charge in [0, 0.05) is 31.0 Å². The van der Waals surface area contributed by atoms with Crippen molar-refractivity contribution in [3.8, 4) is 0 Å². The molecular weight excluding hydrogens is 220 g/mol. The first-order chi connectivity index (χ1) is 8.15. The van der Waals surface area contributed by atoms with E-state index in [0.717, 1.165) is 0 Å². The van der Waals surface area contributed by atoms with Gasteiger partial charge in [-0.3, -0.25) is 0 Å². The van der Waals surface area contributed by atoms with Crippen LogP contribution in [0.5, 0.6) is 0 Å². The van der Waals surface area contributed by atoms with Crippen LogP contribution in [-0.4, -0.2) is 25.8 Å². The number of hydrogen-bond acceptors (Lipinski definition) is 5. The minimum Gasteiger partial charge on any atom is -0.462 e. The number of hydrogen-bond donors (Lipinski definition) is 2. The predicted octanol–water partition coefficient (Wildman–Crippen LogP) is 1.43. The molecule has 4 N–H and O–H groups in total. The number of benzene rings is 1. The van der Waals surface area contributed by atoms with Crippen molar-refractivity contribution in [1.29, 1.82) is 0 Å². The summed E-state index contributed by atoms with van der Waals surface area (Å²) in [6.07, 6.45) is 0.675. The van der Waals surface area contributed by atoms with Crippen molar-refractivity contribution in [1.82, 2.24) is 0 Å². The predicted molar refractivity (Wildman–Crippen MR) is 66.7 cm³/mol. The number of carbonyl (C=O) groups is 1. The van der Waals surface area contributed by atoms with Crippen LogP contribution in [0.15, 0.2) is 18.2 Å². The summed E-state index contributed by atoms with van der Waals surface area (Å²) < 4.78 is 10.2. The summed E-state index contributed by atoms with van der Waals surface area (Å²) in [4.78, 5) is 11.6. The molecule has 0 saturated carbocycles. The van der Waals surface area contributed by atoms with Crippen LogP contribution in [-0.2, 0) is 9.47 Å². The van der Waals surface area contributed by atoms with Crippen molar-refractivity contribution in [2.24, 2.45) is 0 Å². The Morgan fingerprint density at radius 3 is 2.71 bits per heavy atom. The Morgan fingerprint density at radius 2 is 2.06 bits per heavy atom. The number of ether oxygens (including phenoxy) is 2. The normalized spacial score (nSPS) is 10.2. The van der Waals surface area contributed by atoms with Gasteiger partial charge in [-0.15, -0.1) is 0 Å². The second-order valence-corrected chi connectivity index (χ2v) is 3.53. The van der Waals surface area contributed by atoms with Gasteiger partial charge in [-0.2, -0.15) is 0 Å². The molecule has 1 aromatic rings. The summed E-state index contributed by atoms with van der Waals surface area (Å²) in [5.74, 6) is -0.431. The maximum atomic E-state index is 11.6. The Labute approximate surface area is 101 Å². The second-order valence-electron chi connectivity index (χ2n) is 3.53. The van der Waals surface area contributed by atoms with Crippen LogP contribution in [0.3, 0.4) is 0 Å². The molecule has 0 aliphatic rings. The zero-order valence-corrected chi connectivity index (χ0v) is 9.94. The molecule has 0 saturated heterocycles. The third-order valence-corrected chi connectivity index (χ3v) is 2.17. The van der Waals surface area contributed by atoms with Gasteiger partial charge < -0.3 is 20.9 Å². The minimum atomic E-state index is -0.431. The fraction of sp³-hybridized carbons (Fsp3) is 0.417. The Bertz CT molecular complexity index is 380. The van der Waals surface area contributed by atoms with E-state index in [9.17, 15) is 4.79 Å². The maximum Gasteiger partial charge on any atom is 0.340 e. The van der Waals surface area contributed by atoms with E-state index in [-0.39, 0.29) is 0 Å². The lowest BCUT2D eigenvalue weighted by Gasteiger charge is -2.07. The molecule has 1 rings (SSSR count). The van der Waals surface area contributed by atoms with Gasteiger partial charge in [0.2, 0.25) is 0 Å². The van der Waals surface area contributed by atoms with Crippen molar-refractivity contribution in [2.45, 2.75) is 13.3 Å². The molecule has 0 aliphatic heterocycles. The smallest absolute Gasteiger partial charge is 0.340 e. The van der Waals surface area contributed by atoms with Gasteiger partial charge in [-0.05, 0) is 25.1 Å². The summed E-state index contributed by atoms with van der Waals surface area (Å²) in [6.45, 7) is 3.49. The van der Waals surface area contributed by atoms with E-state index in [4.69, 9.17) is 20.9 Å². The van der Waals surface area contributed by atoms with Crippen LogP contribution >= 0.6 is 0 Å². The fourth-order valence-corrected chi connectivity index (χ4v) is 1.32. The topological polar surface area (TPSA) is 87.6 Å². The highest BCUT2D eigenvalue weighted by Gasteiger charge is 2.10. The van der Waals surface area contributed by atoms with Crippen molar-refractivity contribution in [2.75, 3.05) is 31.3 Å². The first-order valence-electron chi connectivity index (χ1n) is 5.55. The summed E-state index contributed by atoms with van der Waals surface area (Å²) in [5.41, 5.74) is 12.4. The van der Waals surface area contributed by atoms with E-state index in [2.05, 4.69) is 0 Å². The molecule has 0 aliphatic carbocycles. The van der Waals surface area contributed by atoms with Gasteiger partial charge in [0.25, 0.3) is 0 Å². The number of nitrogen functional groups attached to an aromatic ring is 2. The van der Waals surface area contributed by atoms with E-state index in [1.807, 2.05) is 6.92 Å². The molecule has 0 atom stereocenters. The quantitative estimate of drug-likeness (QED) is 0.444. The first-order valence-corrected chi connectivity index (χ1v) is 5.55. The fourth-order valence-electron chi connectivity index (χ4n) is 1.32. The number of esters is 1. The highest BCUT2D eigenvalue weighted by molar-refractivity contribution is 5.95. The van der Waals surface area contributed by atoms with Crippen molar-refractivity contribution < 1.29 is 14.3 Å². The standard InChI is InChI=1S/C12H18N2O3/c1-2-16-6-3-7-17-12(15)10-5-4-9(13)8-11(10)14/h4-5,8H,2-3,6-7,13-14H2,1H3. The van der Waals surface area contributed by atoms with Crippen LogP contribution < -0.4 is 11.5 Å². The van der Waals surface area contributed by atoms with E-state index < -0.39 is 5.97 Å². The van der Waals surface area contributed by atoms with Crippen molar-refractivity contribution in [3.63, 3.8) is 0 Å². The molecule has 0 aromatic heterocycles. The largest absolute Gasteiger partial charge is 0.462 e. The second kappa shape index (κ2) is 6.75. The van der Waals surface area contributed by atoms with Gasteiger partial charge >= 0.3 is 5.97 Å². The molecule has 0 amide bonds. The summed E-state index contributed by atoms with van der Waals surface area (Å²) in [7, 11) is 0.